The number of nitrogens with one attached hydrogen (secondary N) is 1. The van der Waals surface area contributed by atoms with E-state index in [9.17, 15) is 21.6 Å². The third kappa shape index (κ3) is 6.20. The first-order valence-electron chi connectivity index (χ1n) is 6.75. The van der Waals surface area contributed by atoms with Crippen LogP contribution in [-0.2, 0) is 10.0 Å². The topological polar surface area (TPSA) is 58.6 Å². The van der Waals surface area contributed by atoms with E-state index in [1.54, 1.807) is 0 Å². The van der Waals surface area contributed by atoms with Crippen LogP contribution in [0.5, 0.6) is 5.75 Å². The Morgan fingerprint density at radius 2 is 1.68 bits per heavy atom. The lowest BCUT2D eigenvalue weighted by molar-refractivity contribution is -0.274. The molecule has 0 spiro atoms. The number of hydrogen-bond acceptors (Lipinski definition) is 4. The van der Waals surface area contributed by atoms with Gasteiger partial charge in [0.15, 0.2) is 0 Å². The highest BCUT2D eigenvalue weighted by molar-refractivity contribution is 7.89. The maximum Gasteiger partial charge on any atom is 0.573 e. The molecule has 1 N–H and O–H groups in total. The van der Waals surface area contributed by atoms with Crippen molar-refractivity contribution in [1.29, 1.82) is 0 Å². The van der Waals surface area contributed by atoms with Gasteiger partial charge in [-0.2, -0.15) is 0 Å². The monoisotopic (exact) mass is 340 g/mol. The van der Waals surface area contributed by atoms with Gasteiger partial charge in [-0.1, -0.05) is 13.8 Å². The standard InChI is InChI=1S/C13H19F3N2O3S/c1-3-18(4-2)10-9-17-22(19,20)12-7-5-11(6-8-12)21-13(14,15)16/h5-8,17H,3-4,9-10H2,1-2H3. The van der Waals surface area contributed by atoms with Crippen molar-refractivity contribution in [1.82, 2.24) is 9.62 Å². The Morgan fingerprint density at radius 1 is 1.14 bits per heavy atom. The SMILES string of the molecule is CCN(CC)CCNS(=O)(=O)c1ccc(OC(F)(F)F)cc1. The molecule has 0 bridgehead atoms. The van der Waals surface area contributed by atoms with E-state index in [1.807, 2.05) is 18.7 Å². The predicted octanol–water partition coefficient (Wildman–Crippen LogP) is 2.21. The van der Waals surface area contributed by atoms with E-state index in [1.165, 1.54) is 0 Å². The van der Waals surface area contributed by atoms with Crippen LogP contribution in [0.2, 0.25) is 0 Å². The molecular formula is C13H19F3N2O3S. The van der Waals surface area contributed by atoms with Gasteiger partial charge in [0.1, 0.15) is 5.75 Å². The molecule has 0 aliphatic rings. The van der Waals surface area contributed by atoms with Crippen LogP contribution in [-0.4, -0.2) is 45.9 Å². The Hall–Kier alpha value is -1.32. The maximum atomic E-state index is 12.0. The Kier molecular flexibility index (Phi) is 6.64. The molecule has 0 atom stereocenters. The Bertz CT molecular complexity index is 555. The van der Waals surface area contributed by atoms with E-state index in [0.717, 1.165) is 37.4 Å². The Balaban J connectivity index is 2.65. The molecule has 0 aliphatic heterocycles. The van der Waals surface area contributed by atoms with Crippen LogP contribution in [0.3, 0.4) is 0 Å². The lowest BCUT2D eigenvalue weighted by Crippen LogP contribution is -2.34. The maximum absolute atomic E-state index is 12.0. The molecule has 1 aromatic rings. The number of sulfonamides is 1. The van der Waals surface area contributed by atoms with Crippen molar-refractivity contribution in [2.45, 2.75) is 25.1 Å². The van der Waals surface area contributed by atoms with Gasteiger partial charge in [0.25, 0.3) is 0 Å². The fourth-order valence-electron chi connectivity index (χ4n) is 1.78. The number of likely N-dealkylation sites (N-methyl/N-ethyl adjacent to an activating group) is 1. The highest BCUT2D eigenvalue weighted by Gasteiger charge is 2.31. The van der Waals surface area contributed by atoms with Crippen LogP contribution in [0, 0.1) is 0 Å². The summed E-state index contributed by atoms with van der Waals surface area (Å²) < 4.78 is 66.2. The fraction of sp³-hybridized carbons (Fsp3) is 0.538. The van der Waals surface area contributed by atoms with Gasteiger partial charge in [0.2, 0.25) is 10.0 Å². The van der Waals surface area contributed by atoms with Gasteiger partial charge in [-0.3, -0.25) is 0 Å². The largest absolute Gasteiger partial charge is 0.573 e. The predicted molar refractivity (Wildman–Crippen MR) is 76.1 cm³/mol. The quantitative estimate of drug-likeness (QED) is 0.788. The average Bonchev–Trinajstić information content (AvgIpc) is 2.42. The van der Waals surface area contributed by atoms with Gasteiger partial charge in [-0.05, 0) is 37.4 Å². The van der Waals surface area contributed by atoms with E-state index in [4.69, 9.17) is 0 Å². The molecule has 0 unspecified atom stereocenters. The molecule has 1 rings (SSSR count). The summed E-state index contributed by atoms with van der Waals surface area (Å²) in [5, 5.41) is 0. The summed E-state index contributed by atoms with van der Waals surface area (Å²) in [7, 11) is -3.75. The van der Waals surface area contributed by atoms with E-state index >= 15 is 0 Å². The summed E-state index contributed by atoms with van der Waals surface area (Å²) in [6.07, 6.45) is -4.80. The Labute approximate surface area is 128 Å². The molecule has 0 aromatic heterocycles. The van der Waals surface area contributed by atoms with E-state index < -0.39 is 22.1 Å². The number of ether oxygens (including phenoxy) is 1. The molecule has 0 heterocycles. The van der Waals surface area contributed by atoms with Crippen molar-refractivity contribution in [3.63, 3.8) is 0 Å². The Morgan fingerprint density at radius 3 is 2.14 bits per heavy atom. The van der Waals surface area contributed by atoms with Crippen LogP contribution in [0.4, 0.5) is 13.2 Å². The normalized spacial score (nSPS) is 12.6. The van der Waals surface area contributed by atoms with Crippen molar-refractivity contribution in [3.05, 3.63) is 24.3 Å². The zero-order valence-electron chi connectivity index (χ0n) is 12.4. The molecule has 0 radical (unpaired) electrons. The minimum absolute atomic E-state index is 0.110. The van der Waals surface area contributed by atoms with Crippen LogP contribution >= 0.6 is 0 Å². The van der Waals surface area contributed by atoms with Crippen molar-refractivity contribution in [2.24, 2.45) is 0 Å². The second-order valence-electron chi connectivity index (χ2n) is 4.44. The first-order valence-corrected chi connectivity index (χ1v) is 8.24. The molecular weight excluding hydrogens is 321 g/mol. The molecule has 22 heavy (non-hydrogen) atoms. The second kappa shape index (κ2) is 7.80. The molecule has 1 aromatic carbocycles. The number of benzene rings is 1. The van der Waals surface area contributed by atoms with Gasteiger partial charge in [-0.25, -0.2) is 13.1 Å². The summed E-state index contributed by atoms with van der Waals surface area (Å²) in [5.74, 6) is -0.463. The van der Waals surface area contributed by atoms with Gasteiger partial charge >= 0.3 is 6.36 Å². The van der Waals surface area contributed by atoms with E-state index in [2.05, 4.69) is 9.46 Å². The summed E-state index contributed by atoms with van der Waals surface area (Å²) in [5.41, 5.74) is 0. The zero-order valence-corrected chi connectivity index (χ0v) is 13.2. The van der Waals surface area contributed by atoms with E-state index in [-0.39, 0.29) is 11.4 Å². The third-order valence-corrected chi connectivity index (χ3v) is 4.46. The smallest absolute Gasteiger partial charge is 0.406 e. The van der Waals surface area contributed by atoms with Crippen LogP contribution < -0.4 is 9.46 Å². The first-order chi connectivity index (χ1) is 10.2. The molecule has 0 fully saturated rings. The minimum atomic E-state index is -4.80. The molecule has 0 saturated heterocycles. The van der Waals surface area contributed by atoms with Crippen LogP contribution in [0.1, 0.15) is 13.8 Å². The van der Waals surface area contributed by atoms with Crippen molar-refractivity contribution < 1.29 is 26.3 Å². The lowest BCUT2D eigenvalue weighted by atomic mass is 10.3. The molecule has 0 amide bonds. The third-order valence-electron chi connectivity index (χ3n) is 2.98. The molecule has 0 saturated carbocycles. The van der Waals surface area contributed by atoms with Crippen molar-refractivity contribution in [3.8, 4) is 5.75 Å². The molecule has 5 nitrogen and oxygen atoms in total. The number of nitrogens with zero attached hydrogens (tertiary/aromatic N) is 1. The first kappa shape index (κ1) is 18.7. The lowest BCUT2D eigenvalue weighted by Gasteiger charge is -2.18. The minimum Gasteiger partial charge on any atom is -0.406 e. The highest BCUT2D eigenvalue weighted by Crippen LogP contribution is 2.23. The van der Waals surface area contributed by atoms with Gasteiger partial charge in [-0.15, -0.1) is 13.2 Å². The highest BCUT2D eigenvalue weighted by atomic mass is 32.2. The van der Waals surface area contributed by atoms with E-state index in [0.29, 0.717) is 6.54 Å². The summed E-state index contributed by atoms with van der Waals surface area (Å²) in [6.45, 7) is 6.34. The number of halogens is 3. The molecule has 9 heteroatoms. The number of hydrogen-bond donors (Lipinski definition) is 1. The van der Waals surface area contributed by atoms with Crippen molar-refractivity contribution >= 4 is 10.0 Å². The van der Waals surface area contributed by atoms with Gasteiger partial charge in [0.05, 0.1) is 4.90 Å². The van der Waals surface area contributed by atoms with Crippen LogP contribution in [0.15, 0.2) is 29.2 Å². The molecule has 0 aliphatic carbocycles. The summed E-state index contributed by atoms with van der Waals surface area (Å²) in [4.78, 5) is 1.93. The molecule has 126 valence electrons. The summed E-state index contributed by atoms with van der Waals surface area (Å²) >= 11 is 0. The summed E-state index contributed by atoms with van der Waals surface area (Å²) in [6, 6.07) is 4.07. The van der Waals surface area contributed by atoms with Gasteiger partial charge in [0, 0.05) is 13.1 Å². The number of alkyl halides is 3. The van der Waals surface area contributed by atoms with Crippen molar-refractivity contribution in [2.75, 3.05) is 26.2 Å². The average molecular weight is 340 g/mol. The van der Waals surface area contributed by atoms with Crippen LogP contribution in [0.25, 0.3) is 0 Å². The fourth-order valence-corrected chi connectivity index (χ4v) is 2.80. The number of rotatable bonds is 8. The second-order valence-corrected chi connectivity index (χ2v) is 6.21. The zero-order chi connectivity index (χ0) is 16.8. The van der Waals surface area contributed by atoms with Gasteiger partial charge < -0.3 is 9.64 Å².